The zero-order valence-electron chi connectivity index (χ0n) is 6.93. The smallest absolute Gasteiger partial charge is 0.0558 e. The first kappa shape index (κ1) is 8.02. The molecule has 0 saturated heterocycles. The number of rotatable bonds is 3. The Hall–Kier alpha value is -0.0800. The Kier molecular flexibility index (Phi) is 2.32. The van der Waals surface area contributed by atoms with Crippen molar-refractivity contribution >= 4 is 0 Å². The summed E-state index contributed by atoms with van der Waals surface area (Å²) in [4.78, 5) is 2.26. The van der Waals surface area contributed by atoms with Gasteiger partial charge in [0.05, 0.1) is 6.61 Å². The molecule has 1 aliphatic carbocycles. The van der Waals surface area contributed by atoms with Crippen LogP contribution in [0.4, 0.5) is 0 Å². The molecule has 0 unspecified atom stereocenters. The number of hydrogen-bond donors (Lipinski definition) is 1. The van der Waals surface area contributed by atoms with Gasteiger partial charge in [-0.25, -0.2) is 0 Å². The van der Waals surface area contributed by atoms with Crippen LogP contribution < -0.4 is 0 Å². The SMILES string of the molecule is CN(CCO)C1(C)CCC1. The van der Waals surface area contributed by atoms with Crippen LogP contribution in [0.2, 0.25) is 0 Å². The molecule has 0 radical (unpaired) electrons. The van der Waals surface area contributed by atoms with Crippen molar-refractivity contribution in [1.29, 1.82) is 0 Å². The Balaban J connectivity index is 2.31. The predicted octanol–water partition coefficient (Wildman–Crippen LogP) is 0.853. The number of aliphatic hydroxyl groups excluding tert-OH is 1. The Morgan fingerprint density at radius 2 is 2.10 bits per heavy atom. The van der Waals surface area contributed by atoms with E-state index in [0.717, 1.165) is 6.54 Å². The van der Waals surface area contributed by atoms with Gasteiger partial charge in [0.25, 0.3) is 0 Å². The van der Waals surface area contributed by atoms with E-state index in [9.17, 15) is 0 Å². The summed E-state index contributed by atoms with van der Waals surface area (Å²) in [6, 6.07) is 0. The van der Waals surface area contributed by atoms with E-state index in [1.807, 2.05) is 0 Å². The molecule has 1 fully saturated rings. The van der Waals surface area contributed by atoms with E-state index in [1.165, 1.54) is 19.3 Å². The van der Waals surface area contributed by atoms with Gasteiger partial charge in [0.15, 0.2) is 0 Å². The number of β-amino-alcohol motifs (C(OH)–C–C–N with tert-alkyl or cyclic N) is 1. The summed E-state index contributed by atoms with van der Waals surface area (Å²) >= 11 is 0. The minimum Gasteiger partial charge on any atom is -0.395 e. The molecule has 0 bridgehead atoms. The Morgan fingerprint density at radius 3 is 2.40 bits per heavy atom. The fourth-order valence-corrected chi connectivity index (χ4v) is 1.49. The molecule has 0 aromatic rings. The van der Waals surface area contributed by atoms with E-state index in [1.54, 1.807) is 0 Å². The van der Waals surface area contributed by atoms with E-state index in [-0.39, 0.29) is 6.61 Å². The fourth-order valence-electron chi connectivity index (χ4n) is 1.49. The van der Waals surface area contributed by atoms with Crippen LogP contribution in [0.1, 0.15) is 26.2 Å². The summed E-state index contributed by atoms with van der Waals surface area (Å²) in [5, 5.41) is 8.68. The summed E-state index contributed by atoms with van der Waals surface area (Å²) < 4.78 is 0. The summed E-state index contributed by atoms with van der Waals surface area (Å²) in [7, 11) is 2.09. The third-order valence-electron chi connectivity index (χ3n) is 2.79. The lowest BCUT2D eigenvalue weighted by atomic mass is 9.77. The summed E-state index contributed by atoms with van der Waals surface area (Å²) in [5.74, 6) is 0. The molecule has 1 saturated carbocycles. The Bertz CT molecular complexity index is 110. The topological polar surface area (TPSA) is 23.5 Å². The zero-order valence-corrected chi connectivity index (χ0v) is 6.93. The number of hydrogen-bond acceptors (Lipinski definition) is 2. The summed E-state index contributed by atoms with van der Waals surface area (Å²) in [6.07, 6.45) is 3.94. The van der Waals surface area contributed by atoms with Crippen molar-refractivity contribution in [1.82, 2.24) is 4.90 Å². The van der Waals surface area contributed by atoms with Gasteiger partial charge in [0.2, 0.25) is 0 Å². The van der Waals surface area contributed by atoms with Gasteiger partial charge in [0, 0.05) is 12.1 Å². The fraction of sp³-hybridized carbons (Fsp3) is 1.00. The van der Waals surface area contributed by atoms with E-state index in [0.29, 0.717) is 5.54 Å². The third kappa shape index (κ3) is 1.32. The van der Waals surface area contributed by atoms with Crippen molar-refractivity contribution in [3.05, 3.63) is 0 Å². The van der Waals surface area contributed by atoms with Gasteiger partial charge in [-0.3, -0.25) is 4.90 Å². The maximum Gasteiger partial charge on any atom is 0.0558 e. The van der Waals surface area contributed by atoms with Crippen LogP contribution in [0.3, 0.4) is 0 Å². The monoisotopic (exact) mass is 143 g/mol. The molecule has 0 aromatic heterocycles. The second-order valence-electron chi connectivity index (χ2n) is 3.50. The molecule has 0 spiro atoms. The second-order valence-corrected chi connectivity index (χ2v) is 3.50. The highest BCUT2D eigenvalue weighted by atomic mass is 16.3. The third-order valence-corrected chi connectivity index (χ3v) is 2.79. The molecule has 2 heteroatoms. The van der Waals surface area contributed by atoms with Crippen molar-refractivity contribution in [3.8, 4) is 0 Å². The van der Waals surface area contributed by atoms with Crippen molar-refractivity contribution in [3.63, 3.8) is 0 Å². The highest BCUT2D eigenvalue weighted by Gasteiger charge is 2.34. The van der Waals surface area contributed by atoms with Crippen molar-refractivity contribution < 1.29 is 5.11 Å². The molecule has 0 heterocycles. The van der Waals surface area contributed by atoms with Gasteiger partial charge < -0.3 is 5.11 Å². The van der Waals surface area contributed by atoms with Gasteiger partial charge in [0.1, 0.15) is 0 Å². The van der Waals surface area contributed by atoms with Crippen LogP contribution in [-0.4, -0.2) is 35.7 Å². The minimum atomic E-state index is 0.284. The molecule has 1 N–H and O–H groups in total. The number of nitrogens with zero attached hydrogens (tertiary/aromatic N) is 1. The van der Waals surface area contributed by atoms with Gasteiger partial charge >= 0.3 is 0 Å². The molecule has 0 aromatic carbocycles. The van der Waals surface area contributed by atoms with E-state index >= 15 is 0 Å². The predicted molar refractivity (Wildman–Crippen MR) is 42.0 cm³/mol. The Morgan fingerprint density at radius 1 is 1.50 bits per heavy atom. The molecule has 0 aliphatic heterocycles. The van der Waals surface area contributed by atoms with E-state index in [4.69, 9.17) is 5.11 Å². The Labute approximate surface area is 62.8 Å². The highest BCUT2D eigenvalue weighted by Crippen LogP contribution is 2.35. The van der Waals surface area contributed by atoms with Crippen molar-refractivity contribution in [2.45, 2.75) is 31.7 Å². The number of likely N-dealkylation sites (N-methyl/N-ethyl adjacent to an activating group) is 1. The molecular weight excluding hydrogens is 126 g/mol. The molecule has 1 aliphatic rings. The quantitative estimate of drug-likeness (QED) is 0.633. The molecule has 2 nitrogen and oxygen atoms in total. The maximum atomic E-state index is 8.68. The summed E-state index contributed by atoms with van der Waals surface area (Å²) in [5.41, 5.74) is 0.405. The standard InChI is InChI=1S/C8H17NO/c1-8(4-3-5-8)9(2)6-7-10/h10H,3-7H2,1-2H3. The van der Waals surface area contributed by atoms with Crippen molar-refractivity contribution in [2.75, 3.05) is 20.2 Å². The van der Waals surface area contributed by atoms with Crippen LogP contribution in [0.15, 0.2) is 0 Å². The largest absolute Gasteiger partial charge is 0.395 e. The lowest BCUT2D eigenvalue weighted by Gasteiger charge is -2.46. The van der Waals surface area contributed by atoms with Crippen LogP contribution in [0.5, 0.6) is 0 Å². The molecule has 1 rings (SSSR count). The zero-order chi connectivity index (χ0) is 7.61. The highest BCUT2D eigenvalue weighted by molar-refractivity contribution is 4.92. The minimum absolute atomic E-state index is 0.284. The maximum absolute atomic E-state index is 8.68. The number of aliphatic hydroxyl groups is 1. The average Bonchev–Trinajstić information content (AvgIpc) is 1.83. The summed E-state index contributed by atoms with van der Waals surface area (Å²) in [6.45, 7) is 3.37. The molecule has 0 atom stereocenters. The van der Waals surface area contributed by atoms with E-state index < -0.39 is 0 Å². The molecular formula is C8H17NO. The van der Waals surface area contributed by atoms with E-state index in [2.05, 4.69) is 18.9 Å². The van der Waals surface area contributed by atoms with Crippen LogP contribution >= 0.6 is 0 Å². The van der Waals surface area contributed by atoms with Gasteiger partial charge in [-0.15, -0.1) is 0 Å². The van der Waals surface area contributed by atoms with Gasteiger partial charge in [-0.05, 0) is 33.2 Å². The van der Waals surface area contributed by atoms with Gasteiger partial charge in [-0.2, -0.15) is 0 Å². The lowest BCUT2D eigenvalue weighted by molar-refractivity contribution is 0.0422. The first-order chi connectivity index (χ1) is 4.69. The van der Waals surface area contributed by atoms with Crippen LogP contribution in [0, 0.1) is 0 Å². The first-order valence-corrected chi connectivity index (χ1v) is 4.01. The molecule has 60 valence electrons. The first-order valence-electron chi connectivity index (χ1n) is 4.01. The second kappa shape index (κ2) is 2.89. The average molecular weight is 143 g/mol. The molecule has 10 heavy (non-hydrogen) atoms. The van der Waals surface area contributed by atoms with Crippen LogP contribution in [0.25, 0.3) is 0 Å². The van der Waals surface area contributed by atoms with Crippen LogP contribution in [-0.2, 0) is 0 Å². The molecule has 0 amide bonds. The normalized spacial score (nSPS) is 22.8. The van der Waals surface area contributed by atoms with Crippen molar-refractivity contribution in [2.24, 2.45) is 0 Å². The lowest BCUT2D eigenvalue weighted by Crippen LogP contribution is -2.50. The van der Waals surface area contributed by atoms with Gasteiger partial charge in [-0.1, -0.05) is 0 Å².